The van der Waals surface area contributed by atoms with E-state index in [1.165, 1.54) is 12.3 Å². The van der Waals surface area contributed by atoms with E-state index in [9.17, 15) is 8.42 Å². The van der Waals surface area contributed by atoms with Gasteiger partial charge in [-0.1, -0.05) is 5.46 Å². The molecule has 0 radical (unpaired) electrons. The minimum absolute atomic E-state index is 0.0735. The molecule has 0 aliphatic heterocycles. The van der Waals surface area contributed by atoms with E-state index in [2.05, 4.69) is 4.98 Å². The van der Waals surface area contributed by atoms with Crippen LogP contribution in [0.2, 0.25) is 0 Å². The molecule has 1 rings (SSSR count). The van der Waals surface area contributed by atoms with Crippen molar-refractivity contribution < 1.29 is 8.42 Å². The lowest BCUT2D eigenvalue weighted by molar-refractivity contribution is 0.609. The van der Waals surface area contributed by atoms with Gasteiger partial charge in [-0.25, -0.2) is 13.4 Å². The van der Waals surface area contributed by atoms with Crippen molar-refractivity contribution in [3.63, 3.8) is 0 Å². The molecule has 1 heterocycles. The fourth-order valence-corrected chi connectivity index (χ4v) is 1.75. The fourth-order valence-electron chi connectivity index (χ4n) is 0.748. The zero-order valence-electron chi connectivity index (χ0n) is 6.28. The Morgan fingerprint density at radius 3 is 2.58 bits per heavy atom. The number of nitrogens with zero attached hydrogens (tertiary/aromatic N) is 1. The molecule has 0 aliphatic carbocycles. The molecule has 0 aromatic carbocycles. The van der Waals surface area contributed by atoms with Gasteiger partial charge in [0.15, 0.2) is 0 Å². The van der Waals surface area contributed by atoms with Crippen LogP contribution in [0.5, 0.6) is 0 Å². The molecule has 0 bridgehead atoms. The molecule has 0 saturated carbocycles. The third kappa shape index (κ3) is 1.89. The molecule has 4 nitrogen and oxygen atoms in total. The Bertz CT molecular complexity index is 406. The van der Waals surface area contributed by atoms with Crippen molar-refractivity contribution in [1.29, 1.82) is 0 Å². The monoisotopic (exact) mass is 204 g/mol. The molecule has 12 heavy (non-hydrogen) atoms. The number of aromatic nitrogens is 1. The standard InChI is InChI=1S/C5H6BClN2O2S/c6-3-1-4(12(7,10)11)5(8)9-2-3/h1-2H,6H2,(H2,8,9). The summed E-state index contributed by atoms with van der Waals surface area (Å²) < 4.78 is 21.7. The Morgan fingerprint density at radius 1 is 1.58 bits per heavy atom. The van der Waals surface area contributed by atoms with Gasteiger partial charge in [0.25, 0.3) is 9.05 Å². The van der Waals surface area contributed by atoms with Crippen LogP contribution in [0, 0.1) is 0 Å². The van der Waals surface area contributed by atoms with Gasteiger partial charge in [0.05, 0.1) is 0 Å². The quantitative estimate of drug-likeness (QED) is 0.463. The van der Waals surface area contributed by atoms with E-state index in [4.69, 9.17) is 16.4 Å². The van der Waals surface area contributed by atoms with Crippen LogP contribution >= 0.6 is 10.7 Å². The molecule has 0 unspecified atom stereocenters. The number of hydrogen-bond acceptors (Lipinski definition) is 4. The molecule has 1 aromatic rings. The van der Waals surface area contributed by atoms with Crippen LogP contribution in [0.1, 0.15) is 0 Å². The Balaban J connectivity index is 3.43. The number of halogens is 1. The van der Waals surface area contributed by atoms with E-state index in [1.807, 2.05) is 0 Å². The maximum absolute atomic E-state index is 10.9. The molecule has 0 fully saturated rings. The zero-order valence-corrected chi connectivity index (χ0v) is 7.85. The molecule has 0 atom stereocenters. The predicted octanol–water partition coefficient (Wildman–Crippen LogP) is -1.15. The Labute approximate surface area is 75.6 Å². The first-order valence-electron chi connectivity index (χ1n) is 3.08. The summed E-state index contributed by atoms with van der Waals surface area (Å²) in [5.41, 5.74) is 6.00. The summed E-state index contributed by atoms with van der Waals surface area (Å²) in [5, 5.41) is 0. The van der Waals surface area contributed by atoms with Gasteiger partial charge in [0, 0.05) is 16.9 Å². The third-order valence-electron chi connectivity index (χ3n) is 1.28. The van der Waals surface area contributed by atoms with Gasteiger partial charge in [-0.05, 0) is 6.07 Å². The second-order valence-electron chi connectivity index (χ2n) is 2.33. The van der Waals surface area contributed by atoms with Crippen LogP contribution in [0.3, 0.4) is 0 Å². The minimum Gasteiger partial charge on any atom is -0.383 e. The van der Waals surface area contributed by atoms with Gasteiger partial charge in [-0.2, -0.15) is 0 Å². The molecule has 64 valence electrons. The summed E-state index contributed by atoms with van der Waals surface area (Å²) in [6, 6.07) is 1.38. The normalized spacial score (nSPS) is 11.4. The van der Waals surface area contributed by atoms with E-state index < -0.39 is 9.05 Å². The SMILES string of the molecule is Bc1cnc(N)c(S(=O)(=O)Cl)c1. The van der Waals surface area contributed by atoms with Gasteiger partial charge in [0.2, 0.25) is 0 Å². The van der Waals surface area contributed by atoms with Crippen LogP contribution in [-0.4, -0.2) is 21.2 Å². The average Bonchev–Trinajstić information content (AvgIpc) is 1.92. The van der Waals surface area contributed by atoms with Crippen LogP contribution in [-0.2, 0) is 9.05 Å². The Kier molecular flexibility index (Phi) is 2.30. The maximum atomic E-state index is 10.9. The van der Waals surface area contributed by atoms with Crippen molar-refractivity contribution in [3.8, 4) is 0 Å². The van der Waals surface area contributed by atoms with Crippen LogP contribution < -0.4 is 11.2 Å². The summed E-state index contributed by atoms with van der Waals surface area (Å²) >= 11 is 0. The molecule has 1 aromatic heterocycles. The van der Waals surface area contributed by atoms with Gasteiger partial charge >= 0.3 is 0 Å². The van der Waals surface area contributed by atoms with Gasteiger partial charge < -0.3 is 5.73 Å². The highest BCUT2D eigenvalue weighted by molar-refractivity contribution is 8.13. The lowest BCUT2D eigenvalue weighted by Gasteiger charge is -2.00. The number of anilines is 1. The van der Waals surface area contributed by atoms with E-state index in [0.717, 1.165) is 0 Å². The summed E-state index contributed by atoms with van der Waals surface area (Å²) in [5.74, 6) is -0.0735. The molecule has 0 amide bonds. The second kappa shape index (κ2) is 2.95. The van der Waals surface area contributed by atoms with E-state index in [-0.39, 0.29) is 10.7 Å². The first kappa shape index (κ1) is 9.34. The fraction of sp³-hybridized carbons (Fsp3) is 0. The van der Waals surface area contributed by atoms with Crippen molar-refractivity contribution in [2.75, 3.05) is 5.73 Å². The molecular formula is C5H6BClN2O2S. The number of nitrogen functional groups attached to an aromatic ring is 1. The first-order valence-corrected chi connectivity index (χ1v) is 5.39. The van der Waals surface area contributed by atoms with Crippen LogP contribution in [0.25, 0.3) is 0 Å². The summed E-state index contributed by atoms with van der Waals surface area (Å²) in [6.45, 7) is 0. The Morgan fingerprint density at radius 2 is 2.17 bits per heavy atom. The summed E-state index contributed by atoms with van der Waals surface area (Å²) in [4.78, 5) is 3.52. The van der Waals surface area contributed by atoms with Crippen molar-refractivity contribution in [3.05, 3.63) is 12.3 Å². The highest BCUT2D eigenvalue weighted by Crippen LogP contribution is 2.17. The molecule has 2 N–H and O–H groups in total. The van der Waals surface area contributed by atoms with Crippen molar-refractivity contribution in [1.82, 2.24) is 4.98 Å². The second-order valence-corrected chi connectivity index (χ2v) is 4.87. The van der Waals surface area contributed by atoms with Crippen LogP contribution in [0.15, 0.2) is 17.2 Å². The van der Waals surface area contributed by atoms with Crippen LogP contribution in [0.4, 0.5) is 5.82 Å². The lowest BCUT2D eigenvalue weighted by atomic mass is 9.99. The summed E-state index contributed by atoms with van der Waals surface area (Å²) in [7, 11) is 3.02. The first-order chi connectivity index (χ1) is 5.41. The van der Waals surface area contributed by atoms with E-state index in [1.54, 1.807) is 7.85 Å². The third-order valence-corrected chi connectivity index (χ3v) is 2.63. The molecule has 0 aliphatic rings. The minimum atomic E-state index is -3.77. The average molecular weight is 204 g/mol. The number of hydrogen-bond donors (Lipinski definition) is 1. The zero-order chi connectivity index (χ0) is 9.35. The van der Waals surface area contributed by atoms with Gasteiger partial charge in [-0.15, -0.1) is 0 Å². The molecule has 0 spiro atoms. The summed E-state index contributed by atoms with van der Waals surface area (Å²) in [6.07, 6.45) is 1.47. The van der Waals surface area contributed by atoms with Crippen molar-refractivity contribution in [2.24, 2.45) is 0 Å². The predicted molar refractivity (Wildman–Crippen MR) is 49.9 cm³/mol. The van der Waals surface area contributed by atoms with E-state index in [0.29, 0.717) is 5.46 Å². The molecular weight excluding hydrogens is 198 g/mol. The topological polar surface area (TPSA) is 73.0 Å². The largest absolute Gasteiger partial charge is 0.383 e. The van der Waals surface area contributed by atoms with Crippen molar-refractivity contribution in [2.45, 2.75) is 4.90 Å². The van der Waals surface area contributed by atoms with E-state index >= 15 is 0 Å². The molecule has 7 heteroatoms. The highest BCUT2D eigenvalue weighted by atomic mass is 35.7. The lowest BCUT2D eigenvalue weighted by Crippen LogP contribution is -2.10. The molecule has 0 saturated heterocycles. The highest BCUT2D eigenvalue weighted by Gasteiger charge is 2.14. The van der Waals surface area contributed by atoms with Gasteiger partial charge in [-0.3, -0.25) is 0 Å². The maximum Gasteiger partial charge on any atom is 0.264 e. The number of nitrogens with two attached hydrogens (primary N) is 1. The Hall–Kier alpha value is -0.745. The number of pyridine rings is 1. The smallest absolute Gasteiger partial charge is 0.264 e. The van der Waals surface area contributed by atoms with Crippen molar-refractivity contribution >= 4 is 38.9 Å². The number of rotatable bonds is 1. The van der Waals surface area contributed by atoms with Gasteiger partial charge in [0.1, 0.15) is 18.6 Å².